The predicted molar refractivity (Wildman–Crippen MR) is 177 cm³/mol. The molecule has 3 amide bonds. The zero-order valence-electron chi connectivity index (χ0n) is 27.6. The number of carboxylic acid groups (broad SMARTS) is 1. The Hall–Kier alpha value is -5.34. The number of aromatic nitrogens is 2. The fourth-order valence-electron chi connectivity index (χ4n) is 6.88. The summed E-state index contributed by atoms with van der Waals surface area (Å²) in [5, 5.41) is 15.3. The van der Waals surface area contributed by atoms with Gasteiger partial charge in [-0.1, -0.05) is 49.3 Å². The lowest BCUT2D eigenvalue weighted by molar-refractivity contribution is -0.145. The molecule has 5 bridgehead atoms. The average Bonchev–Trinajstić information content (AvgIpc) is 3.65. The van der Waals surface area contributed by atoms with Crippen molar-refractivity contribution in [2.75, 3.05) is 19.8 Å². The highest BCUT2D eigenvalue weighted by atomic mass is 19.3. The number of aliphatic carboxylic acids is 1. The van der Waals surface area contributed by atoms with E-state index in [0.717, 1.165) is 6.42 Å². The normalized spacial score (nSPS) is 28.2. The van der Waals surface area contributed by atoms with Crippen LogP contribution < -0.4 is 20.1 Å². The van der Waals surface area contributed by atoms with Gasteiger partial charge in [-0.3, -0.25) is 9.59 Å². The van der Waals surface area contributed by atoms with Crippen LogP contribution in [0.2, 0.25) is 0 Å². The van der Waals surface area contributed by atoms with Gasteiger partial charge >= 0.3 is 18.0 Å². The number of allylic oxidation sites excluding steroid dienone is 1. The predicted octanol–water partition coefficient (Wildman–Crippen LogP) is 4.25. The summed E-state index contributed by atoms with van der Waals surface area (Å²) in [5.41, 5.74) is 0.240. The molecule has 1 aromatic heterocycles. The van der Waals surface area contributed by atoms with Gasteiger partial charge in [0.25, 0.3) is 0 Å². The Morgan fingerprint density at radius 2 is 1.76 bits per heavy atom. The number of hydrogen-bond acceptors (Lipinski definition) is 9. The van der Waals surface area contributed by atoms with Crippen molar-refractivity contribution in [3.05, 3.63) is 60.7 Å². The molecule has 1 saturated heterocycles. The Bertz CT molecular complexity index is 1890. The van der Waals surface area contributed by atoms with Gasteiger partial charge < -0.3 is 34.9 Å². The van der Waals surface area contributed by atoms with Crippen LogP contribution in [0.3, 0.4) is 0 Å². The van der Waals surface area contributed by atoms with Crippen molar-refractivity contribution >= 4 is 34.9 Å². The SMILES string of the molecule is O=C1NC2CCCCCC=CC3CC3(C(=O)O)NC(=O)C3CC(CN3C2=O)Oc2nc3ccccc3nc2-c2cccc(c2)OCC(F)(F)CO1. The van der Waals surface area contributed by atoms with E-state index in [0.29, 0.717) is 35.9 Å². The van der Waals surface area contributed by atoms with Crippen LogP contribution in [-0.2, 0) is 19.1 Å². The first-order valence-corrected chi connectivity index (χ1v) is 17.0. The quantitative estimate of drug-likeness (QED) is 0.311. The van der Waals surface area contributed by atoms with Crippen LogP contribution in [0.15, 0.2) is 60.7 Å². The number of halogens is 2. The van der Waals surface area contributed by atoms with Crippen molar-refractivity contribution in [3.8, 4) is 22.9 Å². The number of nitrogens with one attached hydrogen (secondary N) is 2. The topological polar surface area (TPSA) is 169 Å². The number of hydrogen-bond donors (Lipinski definition) is 3. The largest absolute Gasteiger partial charge is 0.487 e. The molecule has 7 rings (SSSR count). The first kappa shape index (κ1) is 34.1. The van der Waals surface area contributed by atoms with Crippen molar-refractivity contribution in [1.82, 2.24) is 25.5 Å². The lowest BCUT2D eigenvalue weighted by Gasteiger charge is -2.29. The molecule has 2 aromatic carbocycles. The first-order valence-electron chi connectivity index (χ1n) is 17.0. The van der Waals surface area contributed by atoms with Crippen LogP contribution in [0.4, 0.5) is 13.6 Å². The van der Waals surface area contributed by atoms with E-state index in [9.17, 15) is 33.1 Å². The second-order valence-electron chi connectivity index (χ2n) is 13.4. The van der Waals surface area contributed by atoms with E-state index in [2.05, 4.69) is 10.6 Å². The molecule has 3 aromatic rings. The standard InChI is InChI=1S/C36H37F2N5O8/c37-35(38)19-49-23-11-8-9-21(15-23)29-31(40-26-13-7-6-12-25(26)39-29)51-24-16-28-30(44)42-36(33(46)47)17-22(36)10-4-2-1-3-5-14-27(32(45)43(28)18-24)41-34(48)50-20-35/h4,6-13,15,22,24,27-28H,1-3,5,14,16-20H2,(H,41,48)(H,42,44)(H,46,47). The lowest BCUT2D eigenvalue weighted by atomic mass is 10.0. The molecule has 0 spiro atoms. The zero-order valence-corrected chi connectivity index (χ0v) is 27.6. The fraction of sp³-hybridized carbons (Fsp3) is 0.444. The third-order valence-electron chi connectivity index (χ3n) is 9.70. The number of fused-ring (bicyclic) bond motifs is 8. The fourth-order valence-corrected chi connectivity index (χ4v) is 6.88. The van der Waals surface area contributed by atoms with Crippen molar-refractivity contribution < 1.29 is 47.3 Å². The smallest absolute Gasteiger partial charge is 0.408 e. The van der Waals surface area contributed by atoms with Gasteiger partial charge in [-0.05, 0) is 49.9 Å². The number of rotatable bonds is 1. The molecule has 5 unspecified atom stereocenters. The molecule has 268 valence electrons. The van der Waals surface area contributed by atoms with Gasteiger partial charge in [-0.2, -0.15) is 8.78 Å². The minimum atomic E-state index is -3.58. The van der Waals surface area contributed by atoms with Crippen LogP contribution in [0, 0.1) is 5.92 Å². The molecule has 1 aliphatic carbocycles. The van der Waals surface area contributed by atoms with Crippen LogP contribution in [-0.4, -0.2) is 93.3 Å². The number of para-hydroxylation sites is 2. The first-order chi connectivity index (χ1) is 24.5. The summed E-state index contributed by atoms with van der Waals surface area (Å²) in [4.78, 5) is 64.3. The molecule has 2 fully saturated rings. The Labute approximate surface area is 291 Å². The minimum absolute atomic E-state index is 0.0335. The van der Waals surface area contributed by atoms with E-state index in [1.54, 1.807) is 36.4 Å². The molecule has 15 heteroatoms. The summed E-state index contributed by atoms with van der Waals surface area (Å²) >= 11 is 0. The highest BCUT2D eigenvalue weighted by Crippen LogP contribution is 2.45. The van der Waals surface area contributed by atoms with Crippen LogP contribution in [0.1, 0.15) is 44.9 Å². The number of amides is 3. The number of carbonyl (C=O) groups is 4. The van der Waals surface area contributed by atoms with E-state index < -0.39 is 72.7 Å². The maximum Gasteiger partial charge on any atom is 0.408 e. The molecule has 0 radical (unpaired) electrons. The molecule has 51 heavy (non-hydrogen) atoms. The average molecular weight is 706 g/mol. The van der Waals surface area contributed by atoms with Gasteiger partial charge in [0.2, 0.25) is 17.7 Å². The van der Waals surface area contributed by atoms with Gasteiger partial charge in [0.1, 0.15) is 35.2 Å². The van der Waals surface area contributed by atoms with Crippen LogP contribution >= 0.6 is 0 Å². The van der Waals surface area contributed by atoms with Gasteiger partial charge in [0.05, 0.1) is 17.6 Å². The molecule has 3 N–H and O–H groups in total. The van der Waals surface area contributed by atoms with E-state index in [4.69, 9.17) is 24.2 Å². The lowest BCUT2D eigenvalue weighted by Crippen LogP contribution is -2.56. The van der Waals surface area contributed by atoms with Gasteiger partial charge in [-0.15, -0.1) is 0 Å². The Balaban J connectivity index is 1.29. The second kappa shape index (κ2) is 13.8. The summed E-state index contributed by atoms with van der Waals surface area (Å²) in [5.74, 6) is -6.35. The van der Waals surface area contributed by atoms with Crippen molar-refractivity contribution in [3.63, 3.8) is 0 Å². The summed E-state index contributed by atoms with van der Waals surface area (Å²) in [6, 6.07) is 11.0. The number of carbonyl (C=O) groups excluding carboxylic acids is 3. The van der Waals surface area contributed by atoms with Gasteiger partial charge in [0.15, 0.2) is 13.2 Å². The number of benzene rings is 2. The highest BCUT2D eigenvalue weighted by Gasteiger charge is 2.61. The Kier molecular flexibility index (Phi) is 9.21. The molecule has 5 atom stereocenters. The minimum Gasteiger partial charge on any atom is -0.487 e. The summed E-state index contributed by atoms with van der Waals surface area (Å²) in [6.45, 7) is -2.53. The maximum absolute atomic E-state index is 14.9. The summed E-state index contributed by atoms with van der Waals surface area (Å²) in [7, 11) is 0. The molecule has 1 saturated carbocycles. The van der Waals surface area contributed by atoms with Crippen molar-refractivity contribution in [2.45, 2.75) is 74.6 Å². The molecule has 3 aliphatic heterocycles. The molecule has 4 heterocycles. The van der Waals surface area contributed by atoms with Crippen LogP contribution in [0.25, 0.3) is 22.3 Å². The molecule has 4 aliphatic rings. The summed E-state index contributed by atoms with van der Waals surface area (Å²) in [6.07, 6.45) is 4.52. The van der Waals surface area contributed by atoms with Gasteiger partial charge in [-0.25, -0.2) is 19.6 Å². The van der Waals surface area contributed by atoms with E-state index in [1.807, 2.05) is 12.2 Å². The van der Waals surface area contributed by atoms with E-state index in [-0.39, 0.29) is 43.1 Å². The van der Waals surface area contributed by atoms with Crippen molar-refractivity contribution in [1.29, 1.82) is 0 Å². The monoisotopic (exact) mass is 705 g/mol. The highest BCUT2D eigenvalue weighted by molar-refractivity contribution is 5.96. The molecular formula is C36H37F2N5O8. The number of alkyl carbamates (subject to hydrolysis) is 1. The van der Waals surface area contributed by atoms with Gasteiger partial charge in [0, 0.05) is 17.9 Å². The zero-order chi connectivity index (χ0) is 35.8. The van der Waals surface area contributed by atoms with E-state index in [1.165, 1.54) is 17.0 Å². The Morgan fingerprint density at radius 3 is 2.57 bits per heavy atom. The number of nitrogens with zero attached hydrogens (tertiary/aromatic N) is 3. The third kappa shape index (κ3) is 7.28. The number of alkyl halides is 2. The molecule has 13 nitrogen and oxygen atoms in total. The van der Waals surface area contributed by atoms with Crippen molar-refractivity contribution in [2.24, 2.45) is 5.92 Å². The number of ether oxygens (including phenoxy) is 3. The Morgan fingerprint density at radius 1 is 0.980 bits per heavy atom. The van der Waals surface area contributed by atoms with E-state index >= 15 is 0 Å². The third-order valence-corrected chi connectivity index (χ3v) is 9.70. The maximum atomic E-state index is 14.9. The molecular weight excluding hydrogens is 668 g/mol. The number of carboxylic acids is 1. The number of cyclic esters (lactones) is 1. The van der Waals surface area contributed by atoms with Crippen LogP contribution in [0.5, 0.6) is 11.6 Å². The summed E-state index contributed by atoms with van der Waals surface area (Å²) < 4.78 is 46.6. The second-order valence-corrected chi connectivity index (χ2v) is 13.4.